The summed E-state index contributed by atoms with van der Waals surface area (Å²) < 4.78 is 46.0. The van der Waals surface area contributed by atoms with Crippen LogP contribution in [0.2, 0.25) is 5.02 Å². The smallest absolute Gasteiger partial charge is 0.495 e. The zero-order valence-corrected chi connectivity index (χ0v) is 11.0. The van der Waals surface area contributed by atoms with Crippen molar-refractivity contribution in [3.8, 4) is 22.8 Å². The molecule has 3 nitrogen and oxygen atoms in total. The molecular formula is C13H9ClF3NO2. The molecule has 0 aliphatic rings. The van der Waals surface area contributed by atoms with Crippen LogP contribution in [-0.4, -0.2) is 18.5 Å². The average molecular weight is 304 g/mol. The van der Waals surface area contributed by atoms with Gasteiger partial charge in [0.15, 0.2) is 0 Å². The molecule has 0 spiro atoms. The van der Waals surface area contributed by atoms with E-state index in [9.17, 15) is 13.2 Å². The Morgan fingerprint density at radius 2 is 1.90 bits per heavy atom. The van der Waals surface area contributed by atoms with Gasteiger partial charge in [0, 0.05) is 11.6 Å². The molecule has 7 heteroatoms. The Morgan fingerprint density at radius 3 is 2.50 bits per heavy atom. The largest absolute Gasteiger partial charge is 0.573 e. The summed E-state index contributed by atoms with van der Waals surface area (Å²) in [6, 6.07) is 7.11. The predicted molar refractivity (Wildman–Crippen MR) is 67.9 cm³/mol. The number of methoxy groups -OCH3 is 1. The van der Waals surface area contributed by atoms with Gasteiger partial charge < -0.3 is 9.47 Å². The number of ether oxygens (including phenoxy) is 2. The predicted octanol–water partition coefficient (Wildman–Crippen LogP) is 4.31. The molecule has 0 aliphatic carbocycles. The molecule has 0 saturated carbocycles. The number of para-hydroxylation sites is 1. The van der Waals surface area contributed by atoms with E-state index in [-0.39, 0.29) is 22.0 Å². The van der Waals surface area contributed by atoms with Crippen LogP contribution in [0.3, 0.4) is 0 Å². The van der Waals surface area contributed by atoms with Gasteiger partial charge in [0.05, 0.1) is 24.0 Å². The highest BCUT2D eigenvalue weighted by Gasteiger charge is 2.32. The highest BCUT2D eigenvalue weighted by Crippen LogP contribution is 2.36. The van der Waals surface area contributed by atoms with Gasteiger partial charge in [-0.15, -0.1) is 13.2 Å². The molecule has 1 aromatic carbocycles. The Kier molecular flexibility index (Phi) is 4.04. The lowest BCUT2D eigenvalue weighted by atomic mass is 10.1. The van der Waals surface area contributed by atoms with Crippen LogP contribution < -0.4 is 9.47 Å². The number of hydrogen-bond donors (Lipinski definition) is 0. The van der Waals surface area contributed by atoms with E-state index < -0.39 is 6.36 Å². The minimum Gasteiger partial charge on any atom is -0.495 e. The van der Waals surface area contributed by atoms with Crippen LogP contribution in [0.1, 0.15) is 0 Å². The van der Waals surface area contributed by atoms with Crippen molar-refractivity contribution in [2.24, 2.45) is 0 Å². The van der Waals surface area contributed by atoms with Crippen LogP contribution in [0.4, 0.5) is 13.2 Å². The summed E-state index contributed by atoms with van der Waals surface area (Å²) in [5, 5.41) is 0.169. The molecule has 20 heavy (non-hydrogen) atoms. The number of halogens is 4. The lowest BCUT2D eigenvalue weighted by Gasteiger charge is -2.13. The van der Waals surface area contributed by atoms with E-state index in [1.165, 1.54) is 37.6 Å². The SMILES string of the molecule is COc1cnc(-c2ccccc2OC(F)(F)F)c(Cl)c1. The molecule has 0 atom stereocenters. The molecule has 0 N–H and O–H groups in total. The average Bonchev–Trinajstić information content (AvgIpc) is 2.38. The number of hydrogen-bond acceptors (Lipinski definition) is 3. The van der Waals surface area contributed by atoms with Crippen molar-refractivity contribution in [2.75, 3.05) is 7.11 Å². The molecule has 0 amide bonds. The van der Waals surface area contributed by atoms with E-state index >= 15 is 0 Å². The van der Waals surface area contributed by atoms with Crippen LogP contribution in [-0.2, 0) is 0 Å². The molecular weight excluding hydrogens is 295 g/mol. The van der Waals surface area contributed by atoms with Gasteiger partial charge in [-0.3, -0.25) is 4.98 Å². The van der Waals surface area contributed by atoms with Crippen molar-refractivity contribution < 1.29 is 22.6 Å². The van der Waals surface area contributed by atoms with Gasteiger partial charge >= 0.3 is 6.36 Å². The molecule has 0 radical (unpaired) electrons. The number of aromatic nitrogens is 1. The molecule has 2 aromatic rings. The van der Waals surface area contributed by atoms with Crippen molar-refractivity contribution in [2.45, 2.75) is 6.36 Å². The van der Waals surface area contributed by atoms with Crippen molar-refractivity contribution in [1.82, 2.24) is 4.98 Å². The summed E-state index contributed by atoms with van der Waals surface area (Å²) in [6.07, 6.45) is -3.42. The monoisotopic (exact) mass is 303 g/mol. The Hall–Kier alpha value is -1.95. The maximum Gasteiger partial charge on any atom is 0.573 e. The molecule has 0 unspecified atom stereocenters. The van der Waals surface area contributed by atoms with Gasteiger partial charge in [0.2, 0.25) is 0 Å². The summed E-state index contributed by atoms with van der Waals surface area (Å²) >= 11 is 6.01. The minimum atomic E-state index is -4.78. The van der Waals surface area contributed by atoms with E-state index in [0.717, 1.165) is 0 Å². The molecule has 2 rings (SSSR count). The summed E-state index contributed by atoms with van der Waals surface area (Å²) in [5.74, 6) is 0.0486. The van der Waals surface area contributed by atoms with E-state index in [1.807, 2.05) is 0 Å². The topological polar surface area (TPSA) is 31.4 Å². The standard InChI is InChI=1S/C13H9ClF3NO2/c1-19-8-6-10(14)12(18-7-8)9-4-2-3-5-11(9)20-13(15,16)17/h2-7H,1H3. The molecule has 0 saturated heterocycles. The summed E-state index contributed by atoms with van der Waals surface area (Å²) in [7, 11) is 1.44. The fourth-order valence-corrected chi connectivity index (χ4v) is 1.86. The molecule has 106 valence electrons. The van der Waals surface area contributed by atoms with Crippen LogP contribution in [0.5, 0.6) is 11.5 Å². The third kappa shape index (κ3) is 3.33. The zero-order chi connectivity index (χ0) is 14.8. The number of benzene rings is 1. The van der Waals surface area contributed by atoms with Crippen molar-refractivity contribution in [3.63, 3.8) is 0 Å². The van der Waals surface area contributed by atoms with Crippen molar-refractivity contribution in [1.29, 1.82) is 0 Å². The first-order valence-electron chi connectivity index (χ1n) is 5.45. The van der Waals surface area contributed by atoms with E-state index in [2.05, 4.69) is 9.72 Å². The van der Waals surface area contributed by atoms with E-state index in [1.54, 1.807) is 6.07 Å². The third-order valence-electron chi connectivity index (χ3n) is 2.42. The minimum absolute atomic E-state index is 0.150. The van der Waals surface area contributed by atoms with E-state index in [0.29, 0.717) is 5.75 Å². The summed E-state index contributed by atoms with van der Waals surface area (Å²) in [4.78, 5) is 4.01. The normalized spacial score (nSPS) is 11.2. The molecule has 0 bridgehead atoms. The fraction of sp³-hybridized carbons (Fsp3) is 0.154. The van der Waals surface area contributed by atoms with Gasteiger partial charge in [-0.05, 0) is 12.1 Å². The first kappa shape index (κ1) is 14.5. The van der Waals surface area contributed by atoms with Gasteiger partial charge in [0.25, 0.3) is 0 Å². The van der Waals surface area contributed by atoms with Gasteiger partial charge in [0.1, 0.15) is 11.5 Å². The lowest BCUT2D eigenvalue weighted by Crippen LogP contribution is -2.17. The number of rotatable bonds is 3. The lowest BCUT2D eigenvalue weighted by molar-refractivity contribution is -0.274. The van der Waals surface area contributed by atoms with Gasteiger partial charge in [-0.2, -0.15) is 0 Å². The Bertz CT molecular complexity index is 617. The molecule has 1 heterocycles. The fourth-order valence-electron chi connectivity index (χ4n) is 1.61. The Morgan fingerprint density at radius 1 is 1.20 bits per heavy atom. The first-order valence-corrected chi connectivity index (χ1v) is 5.83. The second-order valence-electron chi connectivity index (χ2n) is 3.75. The number of pyridine rings is 1. The summed E-state index contributed by atoms with van der Waals surface area (Å²) in [6.45, 7) is 0. The third-order valence-corrected chi connectivity index (χ3v) is 2.71. The van der Waals surface area contributed by atoms with Gasteiger partial charge in [-0.1, -0.05) is 23.7 Å². The van der Waals surface area contributed by atoms with E-state index in [4.69, 9.17) is 16.3 Å². The number of nitrogens with zero attached hydrogens (tertiary/aromatic N) is 1. The zero-order valence-electron chi connectivity index (χ0n) is 10.2. The second kappa shape index (κ2) is 5.58. The molecule has 0 fully saturated rings. The van der Waals surface area contributed by atoms with Crippen molar-refractivity contribution in [3.05, 3.63) is 41.6 Å². The Labute approximate surface area is 117 Å². The Balaban J connectivity index is 2.47. The number of alkyl halides is 3. The molecule has 1 aromatic heterocycles. The first-order chi connectivity index (χ1) is 9.40. The van der Waals surface area contributed by atoms with Crippen LogP contribution in [0.25, 0.3) is 11.3 Å². The second-order valence-corrected chi connectivity index (χ2v) is 4.16. The van der Waals surface area contributed by atoms with Crippen LogP contribution in [0, 0.1) is 0 Å². The van der Waals surface area contributed by atoms with Crippen molar-refractivity contribution >= 4 is 11.6 Å². The highest BCUT2D eigenvalue weighted by atomic mass is 35.5. The highest BCUT2D eigenvalue weighted by molar-refractivity contribution is 6.33. The quantitative estimate of drug-likeness (QED) is 0.846. The maximum atomic E-state index is 12.4. The van der Waals surface area contributed by atoms with Gasteiger partial charge in [-0.25, -0.2) is 0 Å². The van der Waals surface area contributed by atoms with Crippen LogP contribution >= 0.6 is 11.6 Å². The molecule has 0 aliphatic heterocycles. The van der Waals surface area contributed by atoms with Crippen LogP contribution in [0.15, 0.2) is 36.5 Å². The maximum absolute atomic E-state index is 12.4. The summed E-state index contributed by atoms with van der Waals surface area (Å²) in [5.41, 5.74) is 0.338.